The van der Waals surface area contributed by atoms with Gasteiger partial charge in [0.05, 0.1) is 12.2 Å². The summed E-state index contributed by atoms with van der Waals surface area (Å²) in [5, 5.41) is 4.87. The van der Waals surface area contributed by atoms with Crippen molar-refractivity contribution in [1.82, 2.24) is 5.32 Å². The minimum absolute atomic E-state index is 0.0599. The fourth-order valence-electron chi connectivity index (χ4n) is 3.11. The van der Waals surface area contributed by atoms with E-state index in [2.05, 4.69) is 10.6 Å². The fraction of sp³-hybridized carbons (Fsp3) is 0.263. The Kier molecular flexibility index (Phi) is 4.97. The van der Waals surface area contributed by atoms with Crippen molar-refractivity contribution in [3.63, 3.8) is 0 Å². The summed E-state index contributed by atoms with van der Waals surface area (Å²) < 4.78 is 14.2. The lowest BCUT2D eigenvalue weighted by Crippen LogP contribution is -2.43. The number of aryl methyl sites for hydroxylation is 1. The summed E-state index contributed by atoms with van der Waals surface area (Å²) in [6.07, 6.45) is 1.65. The number of halogens is 1. The molecule has 130 valence electrons. The highest BCUT2D eigenvalue weighted by Gasteiger charge is 2.24. The second-order valence-corrected chi connectivity index (χ2v) is 6.08. The van der Waals surface area contributed by atoms with Crippen LogP contribution in [0, 0.1) is 12.7 Å². The van der Waals surface area contributed by atoms with Crippen LogP contribution in [-0.2, 0) is 11.2 Å². The van der Waals surface area contributed by atoms with Crippen LogP contribution in [0.2, 0.25) is 0 Å². The molecule has 0 aromatic heterocycles. The van der Waals surface area contributed by atoms with Gasteiger partial charge in [-0.3, -0.25) is 10.1 Å². The predicted molar refractivity (Wildman–Crippen MR) is 95.3 cm³/mol. The maximum absolute atomic E-state index is 14.2. The second-order valence-electron chi connectivity index (χ2n) is 6.08. The standard InChI is InChI=1S/C19H20FN3O2/c1-13-9-10-16(20)18-15(13)8-5-11-23(18)12-17(24)22-19(25)21-14-6-3-2-4-7-14/h2-4,6-7,9-10H,5,8,11-12H2,1H3,(H2,21,22,24,25). The van der Waals surface area contributed by atoms with Gasteiger partial charge < -0.3 is 10.2 Å². The Balaban J connectivity index is 1.65. The first-order valence-corrected chi connectivity index (χ1v) is 8.23. The van der Waals surface area contributed by atoms with Gasteiger partial charge in [-0.15, -0.1) is 0 Å². The number of hydrogen-bond donors (Lipinski definition) is 2. The molecule has 3 rings (SSSR count). The van der Waals surface area contributed by atoms with Gasteiger partial charge >= 0.3 is 6.03 Å². The van der Waals surface area contributed by atoms with Crippen LogP contribution in [0.1, 0.15) is 17.5 Å². The Labute approximate surface area is 145 Å². The first kappa shape index (κ1) is 17.0. The second kappa shape index (κ2) is 7.34. The molecule has 1 aliphatic heterocycles. The molecule has 6 heteroatoms. The monoisotopic (exact) mass is 341 g/mol. The van der Waals surface area contributed by atoms with Crippen LogP contribution in [0.25, 0.3) is 0 Å². The number of rotatable bonds is 3. The molecule has 25 heavy (non-hydrogen) atoms. The van der Waals surface area contributed by atoms with Crippen LogP contribution in [0.4, 0.5) is 20.6 Å². The zero-order valence-electron chi connectivity index (χ0n) is 14.0. The van der Waals surface area contributed by atoms with Gasteiger partial charge in [-0.2, -0.15) is 0 Å². The summed E-state index contributed by atoms with van der Waals surface area (Å²) in [7, 11) is 0. The van der Waals surface area contributed by atoms with E-state index in [-0.39, 0.29) is 12.4 Å². The highest BCUT2D eigenvalue weighted by molar-refractivity contribution is 6.02. The molecule has 1 aliphatic rings. The van der Waals surface area contributed by atoms with E-state index < -0.39 is 11.9 Å². The fourth-order valence-corrected chi connectivity index (χ4v) is 3.11. The van der Waals surface area contributed by atoms with Crippen molar-refractivity contribution >= 4 is 23.3 Å². The summed E-state index contributed by atoms with van der Waals surface area (Å²) in [4.78, 5) is 25.8. The number of urea groups is 1. The lowest BCUT2D eigenvalue weighted by Gasteiger charge is -2.31. The maximum Gasteiger partial charge on any atom is 0.325 e. The number of hydrogen-bond acceptors (Lipinski definition) is 3. The minimum Gasteiger partial charge on any atom is -0.360 e. The van der Waals surface area contributed by atoms with Crippen LogP contribution >= 0.6 is 0 Å². The maximum atomic E-state index is 14.2. The molecule has 0 fully saturated rings. The Morgan fingerprint density at radius 3 is 2.68 bits per heavy atom. The number of benzene rings is 2. The predicted octanol–water partition coefficient (Wildman–Crippen LogP) is 3.24. The molecule has 1 heterocycles. The van der Waals surface area contributed by atoms with Gasteiger partial charge in [0.1, 0.15) is 5.82 Å². The number of para-hydroxylation sites is 1. The van der Waals surface area contributed by atoms with Gasteiger partial charge in [0.15, 0.2) is 0 Å². The SMILES string of the molecule is Cc1ccc(F)c2c1CCCN2CC(=O)NC(=O)Nc1ccccc1. The average molecular weight is 341 g/mol. The zero-order chi connectivity index (χ0) is 17.8. The summed E-state index contributed by atoms with van der Waals surface area (Å²) in [6.45, 7) is 2.46. The molecule has 5 nitrogen and oxygen atoms in total. The molecule has 0 spiro atoms. The first-order valence-electron chi connectivity index (χ1n) is 8.23. The Morgan fingerprint density at radius 2 is 1.92 bits per heavy atom. The summed E-state index contributed by atoms with van der Waals surface area (Å²) >= 11 is 0. The lowest BCUT2D eigenvalue weighted by molar-refractivity contribution is -0.118. The number of imide groups is 1. The molecule has 0 saturated heterocycles. The number of carbonyl (C=O) groups excluding carboxylic acids is 2. The number of amides is 3. The van der Waals surface area contributed by atoms with E-state index in [1.165, 1.54) is 6.07 Å². The van der Waals surface area contributed by atoms with Gasteiger partial charge in [-0.1, -0.05) is 24.3 Å². The Bertz CT molecular complexity index is 793. The summed E-state index contributed by atoms with van der Waals surface area (Å²) in [6, 6.07) is 11.4. The van der Waals surface area contributed by atoms with Crippen LogP contribution < -0.4 is 15.5 Å². The van der Waals surface area contributed by atoms with Crippen molar-refractivity contribution < 1.29 is 14.0 Å². The van der Waals surface area contributed by atoms with Crippen molar-refractivity contribution in [3.05, 3.63) is 59.4 Å². The molecular weight excluding hydrogens is 321 g/mol. The van der Waals surface area contributed by atoms with Crippen molar-refractivity contribution in [2.45, 2.75) is 19.8 Å². The van der Waals surface area contributed by atoms with E-state index in [0.29, 0.717) is 17.9 Å². The van der Waals surface area contributed by atoms with Crippen molar-refractivity contribution in [1.29, 1.82) is 0 Å². The molecule has 0 radical (unpaired) electrons. The average Bonchev–Trinajstić information content (AvgIpc) is 2.59. The van der Waals surface area contributed by atoms with Crippen LogP contribution in [0.5, 0.6) is 0 Å². The highest BCUT2D eigenvalue weighted by Crippen LogP contribution is 2.32. The van der Waals surface area contributed by atoms with Crippen LogP contribution in [-0.4, -0.2) is 25.0 Å². The first-order chi connectivity index (χ1) is 12.0. The van der Waals surface area contributed by atoms with Crippen molar-refractivity contribution in [2.24, 2.45) is 0 Å². The van der Waals surface area contributed by atoms with Crippen molar-refractivity contribution in [2.75, 3.05) is 23.3 Å². The Hall–Kier alpha value is -2.89. The molecule has 0 unspecified atom stereocenters. The van der Waals surface area contributed by atoms with Crippen LogP contribution in [0.3, 0.4) is 0 Å². The van der Waals surface area contributed by atoms with E-state index in [1.54, 1.807) is 35.2 Å². The summed E-state index contributed by atoms with van der Waals surface area (Å²) in [5.41, 5.74) is 3.03. The largest absolute Gasteiger partial charge is 0.360 e. The quantitative estimate of drug-likeness (QED) is 0.901. The van der Waals surface area contributed by atoms with Gasteiger partial charge in [0.25, 0.3) is 0 Å². The van der Waals surface area contributed by atoms with Crippen LogP contribution in [0.15, 0.2) is 42.5 Å². The van der Waals surface area contributed by atoms with Gasteiger partial charge in [-0.05, 0) is 49.1 Å². The van der Waals surface area contributed by atoms with Gasteiger partial charge in [-0.25, -0.2) is 9.18 Å². The lowest BCUT2D eigenvalue weighted by atomic mass is 9.96. The molecule has 0 bridgehead atoms. The third kappa shape index (κ3) is 3.96. The zero-order valence-corrected chi connectivity index (χ0v) is 14.0. The number of anilines is 2. The third-order valence-electron chi connectivity index (χ3n) is 4.26. The minimum atomic E-state index is -0.599. The Morgan fingerprint density at radius 1 is 1.16 bits per heavy atom. The summed E-state index contributed by atoms with van der Waals surface area (Å²) in [5.74, 6) is -0.802. The number of carbonyl (C=O) groups is 2. The highest BCUT2D eigenvalue weighted by atomic mass is 19.1. The van der Waals surface area contributed by atoms with Crippen molar-refractivity contribution in [3.8, 4) is 0 Å². The number of nitrogens with zero attached hydrogens (tertiary/aromatic N) is 1. The molecular formula is C19H20FN3O2. The normalized spacial score (nSPS) is 13.1. The molecule has 2 aromatic carbocycles. The van der Waals surface area contributed by atoms with E-state index in [0.717, 1.165) is 24.0 Å². The molecule has 3 amide bonds. The molecule has 0 saturated carbocycles. The number of fused-ring (bicyclic) bond motifs is 1. The van der Waals surface area contributed by atoms with E-state index in [1.807, 2.05) is 13.0 Å². The smallest absolute Gasteiger partial charge is 0.325 e. The third-order valence-corrected chi connectivity index (χ3v) is 4.26. The van der Waals surface area contributed by atoms with E-state index in [9.17, 15) is 14.0 Å². The van der Waals surface area contributed by atoms with E-state index >= 15 is 0 Å². The molecule has 2 N–H and O–H groups in total. The van der Waals surface area contributed by atoms with E-state index in [4.69, 9.17) is 0 Å². The molecule has 0 aliphatic carbocycles. The molecule has 0 atom stereocenters. The topological polar surface area (TPSA) is 61.4 Å². The number of nitrogens with one attached hydrogen (secondary N) is 2. The van der Waals surface area contributed by atoms with Gasteiger partial charge in [0, 0.05) is 12.2 Å². The van der Waals surface area contributed by atoms with Gasteiger partial charge in [0.2, 0.25) is 5.91 Å². The molecule has 2 aromatic rings.